The summed E-state index contributed by atoms with van der Waals surface area (Å²) >= 11 is 0. The van der Waals surface area contributed by atoms with Gasteiger partial charge in [0.2, 0.25) is 5.91 Å². The van der Waals surface area contributed by atoms with Crippen LogP contribution in [-0.4, -0.2) is 12.5 Å². The van der Waals surface area contributed by atoms with Crippen LogP contribution in [0.25, 0.3) is 0 Å². The van der Waals surface area contributed by atoms with Crippen LogP contribution in [-0.2, 0) is 5.54 Å². The van der Waals surface area contributed by atoms with Gasteiger partial charge < -0.3 is 15.8 Å². The van der Waals surface area contributed by atoms with Crippen molar-refractivity contribution in [3.8, 4) is 11.5 Å². The molecule has 0 heterocycles. The number of ether oxygens (including phenoxy) is 1. The molecule has 2 aromatic carbocycles. The first-order valence-electron chi connectivity index (χ1n) is 9.69. The summed E-state index contributed by atoms with van der Waals surface area (Å²) in [6.45, 7) is 11.9. The first-order chi connectivity index (χ1) is 12.7. The van der Waals surface area contributed by atoms with Crippen LogP contribution in [0.5, 0.6) is 11.5 Å². The van der Waals surface area contributed by atoms with E-state index in [2.05, 4.69) is 45.1 Å². The van der Waals surface area contributed by atoms with Crippen molar-refractivity contribution in [3.63, 3.8) is 0 Å². The SMILES string of the molecule is CCC(C)(NCCC(C)C)c1ccc(Oc2ccc(C(N)=O)cc2C)cc1. The summed E-state index contributed by atoms with van der Waals surface area (Å²) in [5.41, 5.74) is 7.89. The highest BCUT2D eigenvalue weighted by atomic mass is 16.5. The molecule has 0 fully saturated rings. The summed E-state index contributed by atoms with van der Waals surface area (Å²) in [7, 11) is 0. The zero-order valence-corrected chi connectivity index (χ0v) is 17.1. The molecule has 0 bridgehead atoms. The lowest BCUT2D eigenvalue weighted by atomic mass is 9.89. The molecule has 146 valence electrons. The third kappa shape index (κ3) is 5.57. The van der Waals surface area contributed by atoms with Crippen molar-refractivity contribution in [2.75, 3.05) is 6.54 Å². The molecule has 0 aliphatic rings. The summed E-state index contributed by atoms with van der Waals surface area (Å²) in [6, 6.07) is 13.4. The zero-order chi connectivity index (χ0) is 20.0. The number of carbonyl (C=O) groups is 1. The number of nitrogens with one attached hydrogen (secondary N) is 1. The largest absolute Gasteiger partial charge is 0.457 e. The van der Waals surface area contributed by atoms with Crippen LogP contribution in [0, 0.1) is 12.8 Å². The molecule has 27 heavy (non-hydrogen) atoms. The van der Waals surface area contributed by atoms with Gasteiger partial charge in [-0.3, -0.25) is 4.79 Å². The quantitative estimate of drug-likeness (QED) is 0.643. The summed E-state index contributed by atoms with van der Waals surface area (Å²) in [5, 5.41) is 3.70. The molecular formula is C23H32N2O2. The van der Waals surface area contributed by atoms with E-state index < -0.39 is 5.91 Å². The van der Waals surface area contributed by atoms with E-state index in [1.165, 1.54) is 5.56 Å². The number of benzene rings is 2. The molecule has 2 aromatic rings. The molecule has 0 radical (unpaired) electrons. The second-order valence-corrected chi connectivity index (χ2v) is 7.77. The van der Waals surface area contributed by atoms with Crippen LogP contribution < -0.4 is 15.8 Å². The average Bonchev–Trinajstić information content (AvgIpc) is 2.63. The number of amides is 1. The van der Waals surface area contributed by atoms with Crippen LogP contribution in [0.4, 0.5) is 0 Å². The maximum absolute atomic E-state index is 11.3. The van der Waals surface area contributed by atoms with Gasteiger partial charge in [0.05, 0.1) is 0 Å². The molecule has 0 aliphatic heterocycles. The van der Waals surface area contributed by atoms with Gasteiger partial charge in [0.1, 0.15) is 11.5 Å². The van der Waals surface area contributed by atoms with E-state index in [0.29, 0.717) is 11.5 Å². The van der Waals surface area contributed by atoms with E-state index in [0.717, 1.165) is 36.4 Å². The van der Waals surface area contributed by atoms with Gasteiger partial charge in [-0.25, -0.2) is 0 Å². The molecule has 4 heteroatoms. The van der Waals surface area contributed by atoms with Crippen LogP contribution in [0.2, 0.25) is 0 Å². The third-order valence-electron chi connectivity index (χ3n) is 5.12. The van der Waals surface area contributed by atoms with Crippen molar-refractivity contribution in [3.05, 3.63) is 59.2 Å². The standard InChI is InChI=1S/C23H32N2O2/c1-6-23(5,25-14-13-16(2)3)19-8-10-20(11-9-19)27-21-12-7-18(22(24)26)15-17(21)4/h7-12,15-16,25H,6,13-14H2,1-5H3,(H2,24,26). The van der Waals surface area contributed by atoms with Crippen LogP contribution in [0.1, 0.15) is 62.0 Å². The lowest BCUT2D eigenvalue weighted by molar-refractivity contribution is 0.1000. The van der Waals surface area contributed by atoms with Crippen molar-refractivity contribution in [2.24, 2.45) is 11.7 Å². The van der Waals surface area contributed by atoms with E-state index in [9.17, 15) is 4.79 Å². The topological polar surface area (TPSA) is 64.3 Å². The number of nitrogens with two attached hydrogens (primary N) is 1. The lowest BCUT2D eigenvalue weighted by Gasteiger charge is -2.31. The van der Waals surface area contributed by atoms with E-state index in [1.807, 2.05) is 19.1 Å². The molecule has 1 amide bonds. The smallest absolute Gasteiger partial charge is 0.248 e. The Balaban J connectivity index is 2.11. The van der Waals surface area contributed by atoms with Gasteiger partial charge in [0.25, 0.3) is 0 Å². The van der Waals surface area contributed by atoms with Crippen molar-refractivity contribution in [1.29, 1.82) is 0 Å². The van der Waals surface area contributed by atoms with Gasteiger partial charge in [0.15, 0.2) is 0 Å². The first kappa shape index (κ1) is 21.0. The first-order valence-corrected chi connectivity index (χ1v) is 9.69. The Bertz CT molecular complexity index is 768. The number of primary amides is 1. The Morgan fingerprint density at radius 2 is 1.85 bits per heavy atom. The molecule has 1 unspecified atom stereocenters. The highest BCUT2D eigenvalue weighted by molar-refractivity contribution is 5.93. The molecule has 1 atom stereocenters. The Morgan fingerprint density at radius 3 is 2.37 bits per heavy atom. The summed E-state index contributed by atoms with van der Waals surface area (Å²) < 4.78 is 5.99. The molecule has 0 saturated carbocycles. The molecular weight excluding hydrogens is 336 g/mol. The number of carbonyl (C=O) groups excluding carboxylic acids is 1. The normalized spacial score (nSPS) is 13.4. The van der Waals surface area contributed by atoms with Gasteiger partial charge in [-0.1, -0.05) is 32.9 Å². The van der Waals surface area contributed by atoms with Gasteiger partial charge in [-0.2, -0.15) is 0 Å². The summed E-state index contributed by atoms with van der Waals surface area (Å²) in [6.07, 6.45) is 2.18. The Labute approximate surface area is 163 Å². The van der Waals surface area contributed by atoms with Crippen molar-refractivity contribution in [1.82, 2.24) is 5.32 Å². The van der Waals surface area contributed by atoms with Crippen molar-refractivity contribution < 1.29 is 9.53 Å². The zero-order valence-electron chi connectivity index (χ0n) is 17.1. The minimum absolute atomic E-state index is 0.0491. The highest BCUT2D eigenvalue weighted by Crippen LogP contribution is 2.30. The fraction of sp³-hybridized carbons (Fsp3) is 0.435. The predicted molar refractivity (Wildman–Crippen MR) is 111 cm³/mol. The number of aryl methyl sites for hydroxylation is 1. The molecule has 4 nitrogen and oxygen atoms in total. The van der Waals surface area contributed by atoms with Gasteiger partial charge in [0, 0.05) is 11.1 Å². The second kappa shape index (κ2) is 9.05. The fourth-order valence-corrected chi connectivity index (χ4v) is 3.00. The van der Waals surface area contributed by atoms with Gasteiger partial charge in [-0.05, 0) is 80.6 Å². The molecule has 2 rings (SSSR count). The van der Waals surface area contributed by atoms with Crippen LogP contribution in [0.3, 0.4) is 0 Å². The third-order valence-corrected chi connectivity index (χ3v) is 5.12. The van der Waals surface area contributed by atoms with Crippen LogP contribution >= 0.6 is 0 Å². The monoisotopic (exact) mass is 368 g/mol. The summed E-state index contributed by atoms with van der Waals surface area (Å²) in [4.78, 5) is 11.3. The average molecular weight is 369 g/mol. The van der Waals surface area contributed by atoms with Crippen LogP contribution in [0.15, 0.2) is 42.5 Å². The Morgan fingerprint density at radius 1 is 1.19 bits per heavy atom. The number of hydrogen-bond acceptors (Lipinski definition) is 3. The molecule has 0 aliphatic carbocycles. The number of hydrogen-bond donors (Lipinski definition) is 2. The predicted octanol–water partition coefficient (Wildman–Crippen LogP) is 5.15. The molecule has 0 aromatic heterocycles. The molecule has 0 saturated heterocycles. The number of rotatable bonds is 9. The van der Waals surface area contributed by atoms with E-state index in [4.69, 9.17) is 10.5 Å². The molecule has 3 N–H and O–H groups in total. The minimum Gasteiger partial charge on any atom is -0.457 e. The van der Waals surface area contributed by atoms with Gasteiger partial charge in [-0.15, -0.1) is 0 Å². The minimum atomic E-state index is -0.433. The lowest BCUT2D eigenvalue weighted by Crippen LogP contribution is -2.39. The van der Waals surface area contributed by atoms with E-state index >= 15 is 0 Å². The van der Waals surface area contributed by atoms with E-state index in [-0.39, 0.29) is 5.54 Å². The maximum Gasteiger partial charge on any atom is 0.248 e. The highest BCUT2D eigenvalue weighted by Gasteiger charge is 2.23. The Kier molecular flexibility index (Phi) is 7.03. The second-order valence-electron chi connectivity index (χ2n) is 7.77. The van der Waals surface area contributed by atoms with Crippen molar-refractivity contribution >= 4 is 5.91 Å². The maximum atomic E-state index is 11.3. The van der Waals surface area contributed by atoms with Crippen molar-refractivity contribution in [2.45, 2.75) is 53.0 Å². The fourth-order valence-electron chi connectivity index (χ4n) is 3.00. The molecule has 0 spiro atoms. The Hall–Kier alpha value is -2.33. The summed E-state index contributed by atoms with van der Waals surface area (Å²) in [5.74, 6) is 1.76. The van der Waals surface area contributed by atoms with E-state index in [1.54, 1.807) is 18.2 Å². The van der Waals surface area contributed by atoms with Gasteiger partial charge >= 0.3 is 0 Å².